The van der Waals surface area contributed by atoms with Crippen LogP contribution in [0.25, 0.3) is 0 Å². The molecule has 0 spiro atoms. The highest BCUT2D eigenvalue weighted by Crippen LogP contribution is 2.32. The molecular weight excluding hydrogens is 264 g/mol. The fourth-order valence-electron chi connectivity index (χ4n) is 3.03. The molecule has 0 radical (unpaired) electrons. The summed E-state index contributed by atoms with van der Waals surface area (Å²) >= 11 is 0. The average Bonchev–Trinajstić information content (AvgIpc) is 2.42. The normalized spacial score (nSPS) is 34.3. The van der Waals surface area contributed by atoms with Crippen LogP contribution in [0.1, 0.15) is 45.4 Å². The monoisotopic (exact) mass is 290 g/mol. The molecule has 1 aliphatic carbocycles. The first-order chi connectivity index (χ1) is 8.97. The molecule has 19 heavy (non-hydrogen) atoms. The smallest absolute Gasteiger partial charge is 0.215 e. The predicted octanol–water partition coefficient (Wildman–Crippen LogP) is 0.992. The Kier molecular flexibility index (Phi) is 4.87. The Labute approximate surface area is 116 Å². The number of sulfonamides is 1. The van der Waals surface area contributed by atoms with Gasteiger partial charge < -0.3 is 10.5 Å². The maximum atomic E-state index is 12.5. The van der Waals surface area contributed by atoms with Crippen molar-refractivity contribution >= 4 is 10.0 Å². The molecule has 1 saturated heterocycles. The van der Waals surface area contributed by atoms with E-state index in [4.69, 9.17) is 10.5 Å². The summed E-state index contributed by atoms with van der Waals surface area (Å²) < 4.78 is 33.1. The van der Waals surface area contributed by atoms with Gasteiger partial charge in [-0.3, -0.25) is 0 Å². The fourth-order valence-corrected chi connectivity index (χ4v) is 4.90. The van der Waals surface area contributed by atoms with Crippen molar-refractivity contribution in [1.29, 1.82) is 0 Å². The third kappa shape index (κ3) is 3.68. The molecule has 0 atom stereocenters. The Morgan fingerprint density at radius 1 is 1.21 bits per heavy atom. The van der Waals surface area contributed by atoms with Gasteiger partial charge >= 0.3 is 0 Å². The van der Waals surface area contributed by atoms with Crippen LogP contribution in [0.15, 0.2) is 0 Å². The number of rotatable bonds is 4. The number of ether oxygens (including phenoxy) is 1. The SMILES string of the molecule is CC1CCC(CN)(NS(=O)(=O)C2CCOCC2)CC1. The average molecular weight is 290 g/mol. The first kappa shape index (κ1) is 15.2. The van der Waals surface area contributed by atoms with Gasteiger partial charge in [-0.1, -0.05) is 6.92 Å². The second-order valence-electron chi connectivity index (χ2n) is 6.13. The Morgan fingerprint density at radius 2 is 1.79 bits per heavy atom. The molecule has 1 saturated carbocycles. The van der Waals surface area contributed by atoms with Crippen LogP contribution in [0.4, 0.5) is 0 Å². The molecule has 2 aliphatic rings. The van der Waals surface area contributed by atoms with Crippen LogP contribution in [0.2, 0.25) is 0 Å². The quantitative estimate of drug-likeness (QED) is 0.809. The summed E-state index contributed by atoms with van der Waals surface area (Å²) in [7, 11) is -3.28. The van der Waals surface area contributed by atoms with E-state index < -0.39 is 15.6 Å². The molecule has 112 valence electrons. The van der Waals surface area contributed by atoms with Crippen LogP contribution in [0.3, 0.4) is 0 Å². The molecule has 0 bridgehead atoms. The van der Waals surface area contributed by atoms with Gasteiger partial charge in [0, 0.05) is 25.3 Å². The number of hydrogen-bond acceptors (Lipinski definition) is 4. The minimum absolute atomic E-state index is 0.316. The summed E-state index contributed by atoms with van der Waals surface area (Å²) in [6.45, 7) is 3.69. The molecule has 0 aromatic heterocycles. The lowest BCUT2D eigenvalue weighted by atomic mass is 9.78. The van der Waals surface area contributed by atoms with Gasteiger partial charge in [-0.2, -0.15) is 0 Å². The molecule has 3 N–H and O–H groups in total. The van der Waals surface area contributed by atoms with Crippen LogP contribution >= 0.6 is 0 Å². The third-order valence-electron chi connectivity index (χ3n) is 4.59. The van der Waals surface area contributed by atoms with Crippen molar-refractivity contribution in [2.75, 3.05) is 19.8 Å². The van der Waals surface area contributed by atoms with Crippen molar-refractivity contribution in [2.45, 2.75) is 56.2 Å². The number of nitrogens with two attached hydrogens (primary N) is 1. The van der Waals surface area contributed by atoms with Gasteiger partial charge in [0.25, 0.3) is 0 Å². The van der Waals surface area contributed by atoms with Crippen molar-refractivity contribution in [3.63, 3.8) is 0 Å². The van der Waals surface area contributed by atoms with Gasteiger partial charge in [-0.15, -0.1) is 0 Å². The first-order valence-electron chi connectivity index (χ1n) is 7.28. The van der Waals surface area contributed by atoms with E-state index in [-0.39, 0.29) is 5.25 Å². The minimum Gasteiger partial charge on any atom is -0.381 e. The molecule has 1 aliphatic heterocycles. The van der Waals surface area contributed by atoms with Gasteiger partial charge in [0.1, 0.15) is 0 Å². The van der Waals surface area contributed by atoms with E-state index in [0.717, 1.165) is 25.7 Å². The Balaban J connectivity index is 2.04. The number of nitrogens with one attached hydrogen (secondary N) is 1. The van der Waals surface area contributed by atoms with Crippen LogP contribution in [-0.2, 0) is 14.8 Å². The molecule has 0 aromatic carbocycles. The molecule has 1 heterocycles. The van der Waals surface area contributed by atoms with Crippen molar-refractivity contribution < 1.29 is 13.2 Å². The highest BCUT2D eigenvalue weighted by atomic mass is 32.2. The van der Waals surface area contributed by atoms with E-state index >= 15 is 0 Å². The largest absolute Gasteiger partial charge is 0.381 e. The highest BCUT2D eigenvalue weighted by molar-refractivity contribution is 7.90. The van der Waals surface area contributed by atoms with Crippen molar-refractivity contribution in [1.82, 2.24) is 4.72 Å². The maximum Gasteiger partial charge on any atom is 0.215 e. The Hall–Kier alpha value is -0.170. The van der Waals surface area contributed by atoms with Crippen molar-refractivity contribution in [3.05, 3.63) is 0 Å². The maximum absolute atomic E-state index is 12.5. The molecule has 2 fully saturated rings. The molecule has 2 rings (SSSR count). The van der Waals surface area contributed by atoms with Gasteiger partial charge in [0.05, 0.1) is 5.25 Å². The van der Waals surface area contributed by atoms with E-state index in [1.807, 2.05) is 0 Å². The van der Waals surface area contributed by atoms with Gasteiger partial charge in [0.15, 0.2) is 0 Å². The molecular formula is C13H26N2O3S. The van der Waals surface area contributed by atoms with Crippen LogP contribution in [0, 0.1) is 5.92 Å². The molecule has 6 heteroatoms. The second-order valence-corrected chi connectivity index (χ2v) is 8.09. The van der Waals surface area contributed by atoms with Crippen LogP contribution < -0.4 is 10.5 Å². The lowest BCUT2D eigenvalue weighted by Crippen LogP contribution is -2.57. The van der Waals surface area contributed by atoms with Gasteiger partial charge in [-0.25, -0.2) is 13.1 Å². The molecule has 5 nitrogen and oxygen atoms in total. The standard InChI is InChI=1S/C13H26N2O3S/c1-11-2-6-13(10-14,7-3-11)15-19(16,17)12-4-8-18-9-5-12/h11-12,15H,2-10,14H2,1H3. The summed E-state index contributed by atoms with van der Waals surface area (Å²) in [4.78, 5) is 0. The molecule has 0 aromatic rings. The molecule has 0 unspecified atom stereocenters. The Bertz CT molecular complexity index is 383. The zero-order valence-corrected chi connectivity index (χ0v) is 12.5. The van der Waals surface area contributed by atoms with Crippen LogP contribution in [0.5, 0.6) is 0 Å². The van der Waals surface area contributed by atoms with E-state index in [2.05, 4.69) is 11.6 Å². The lowest BCUT2D eigenvalue weighted by molar-refractivity contribution is 0.0976. The fraction of sp³-hybridized carbons (Fsp3) is 1.00. The highest BCUT2D eigenvalue weighted by Gasteiger charge is 2.39. The van der Waals surface area contributed by atoms with Crippen molar-refractivity contribution in [3.8, 4) is 0 Å². The molecule has 0 amide bonds. The lowest BCUT2D eigenvalue weighted by Gasteiger charge is -2.40. The van der Waals surface area contributed by atoms with E-state index in [0.29, 0.717) is 38.5 Å². The first-order valence-corrected chi connectivity index (χ1v) is 8.83. The van der Waals surface area contributed by atoms with Crippen LogP contribution in [-0.4, -0.2) is 39.0 Å². The minimum atomic E-state index is -3.28. The zero-order valence-electron chi connectivity index (χ0n) is 11.7. The Morgan fingerprint density at radius 3 is 2.32 bits per heavy atom. The van der Waals surface area contributed by atoms with E-state index in [1.54, 1.807) is 0 Å². The van der Waals surface area contributed by atoms with E-state index in [9.17, 15) is 8.42 Å². The second kappa shape index (κ2) is 6.08. The number of hydrogen-bond donors (Lipinski definition) is 2. The summed E-state index contributed by atoms with van der Waals surface area (Å²) in [6.07, 6.45) is 4.99. The van der Waals surface area contributed by atoms with Gasteiger partial charge in [0.2, 0.25) is 10.0 Å². The summed E-state index contributed by atoms with van der Waals surface area (Å²) in [5.41, 5.74) is 5.46. The zero-order chi connectivity index (χ0) is 13.9. The topological polar surface area (TPSA) is 81.4 Å². The predicted molar refractivity (Wildman–Crippen MR) is 75.3 cm³/mol. The third-order valence-corrected chi connectivity index (χ3v) is 6.65. The summed E-state index contributed by atoms with van der Waals surface area (Å²) in [6, 6.07) is 0. The van der Waals surface area contributed by atoms with E-state index in [1.165, 1.54) is 0 Å². The van der Waals surface area contributed by atoms with Gasteiger partial charge in [-0.05, 0) is 44.4 Å². The van der Waals surface area contributed by atoms with Crippen molar-refractivity contribution in [2.24, 2.45) is 11.7 Å². The summed E-state index contributed by atoms with van der Waals surface area (Å²) in [5, 5.41) is -0.316. The summed E-state index contributed by atoms with van der Waals surface area (Å²) in [5.74, 6) is 0.673.